The highest BCUT2D eigenvalue weighted by molar-refractivity contribution is 7.07. The van der Waals surface area contributed by atoms with Crippen LogP contribution in [-0.2, 0) is 6.54 Å². The summed E-state index contributed by atoms with van der Waals surface area (Å²) < 4.78 is 2.24. The van der Waals surface area contributed by atoms with Crippen molar-refractivity contribution >= 4 is 17.2 Å². The van der Waals surface area contributed by atoms with Crippen LogP contribution in [0.5, 0.6) is 0 Å². The van der Waals surface area contributed by atoms with Gasteiger partial charge in [0.05, 0.1) is 17.7 Å². The number of thiazole rings is 1. The van der Waals surface area contributed by atoms with Crippen molar-refractivity contribution in [1.29, 1.82) is 0 Å². The number of imidazole rings is 1. The van der Waals surface area contributed by atoms with Crippen LogP contribution in [0.1, 0.15) is 35.8 Å². The second-order valence-electron chi connectivity index (χ2n) is 6.37. The molecule has 0 aromatic carbocycles. The molecule has 4 rings (SSSR count). The van der Waals surface area contributed by atoms with Crippen molar-refractivity contribution in [3.63, 3.8) is 0 Å². The zero-order valence-corrected chi connectivity index (χ0v) is 14.6. The van der Waals surface area contributed by atoms with Crippen molar-refractivity contribution in [1.82, 2.24) is 19.5 Å². The Morgan fingerprint density at radius 3 is 3.00 bits per heavy atom. The lowest BCUT2D eigenvalue weighted by Gasteiger charge is -2.33. The molecule has 1 unspecified atom stereocenters. The maximum absolute atomic E-state index is 4.65. The summed E-state index contributed by atoms with van der Waals surface area (Å²) in [5.41, 5.74) is 4.19. The fourth-order valence-corrected chi connectivity index (χ4v) is 3.90. The fraction of sp³-hybridized carbons (Fsp3) is 0.389. The van der Waals surface area contributed by atoms with E-state index in [-0.39, 0.29) is 0 Å². The molecular weight excluding hydrogens is 318 g/mol. The smallest absolute Gasteiger partial charge is 0.128 e. The molecule has 3 aromatic heterocycles. The van der Waals surface area contributed by atoms with Crippen LogP contribution in [0, 0.1) is 6.92 Å². The topological polar surface area (TPSA) is 46.8 Å². The number of aromatic nitrogens is 4. The molecule has 124 valence electrons. The fourth-order valence-electron chi connectivity index (χ4n) is 3.35. The van der Waals surface area contributed by atoms with Gasteiger partial charge in [-0.25, -0.2) is 15.0 Å². The largest absolute Gasteiger partial charge is 0.356 e. The van der Waals surface area contributed by atoms with Gasteiger partial charge in [0, 0.05) is 43.0 Å². The quantitative estimate of drug-likeness (QED) is 0.730. The van der Waals surface area contributed by atoms with E-state index in [1.807, 2.05) is 17.9 Å². The lowest BCUT2D eigenvalue weighted by molar-refractivity contribution is 0.473. The van der Waals surface area contributed by atoms with Crippen LogP contribution in [0.3, 0.4) is 0 Å². The van der Waals surface area contributed by atoms with Crippen LogP contribution in [0.25, 0.3) is 0 Å². The Labute approximate surface area is 146 Å². The van der Waals surface area contributed by atoms with Crippen LogP contribution in [0.2, 0.25) is 0 Å². The summed E-state index contributed by atoms with van der Waals surface area (Å²) in [5.74, 6) is 2.68. The molecule has 1 saturated heterocycles. The summed E-state index contributed by atoms with van der Waals surface area (Å²) >= 11 is 1.64. The first-order valence-electron chi connectivity index (χ1n) is 8.35. The molecule has 5 nitrogen and oxygen atoms in total. The first-order valence-corrected chi connectivity index (χ1v) is 9.29. The monoisotopic (exact) mass is 339 g/mol. The molecule has 0 radical (unpaired) electrons. The third-order valence-electron chi connectivity index (χ3n) is 4.57. The highest BCUT2D eigenvalue weighted by Gasteiger charge is 2.25. The van der Waals surface area contributed by atoms with Crippen molar-refractivity contribution in [2.75, 3.05) is 18.0 Å². The second-order valence-corrected chi connectivity index (χ2v) is 7.09. The Hall–Kier alpha value is -2.21. The molecule has 1 fully saturated rings. The minimum Gasteiger partial charge on any atom is -0.356 e. The molecular formula is C18H21N5S. The maximum atomic E-state index is 4.65. The number of nitrogens with zero attached hydrogens (tertiary/aromatic N) is 5. The molecule has 0 amide bonds. The molecule has 6 heteroatoms. The summed E-state index contributed by atoms with van der Waals surface area (Å²) in [6.07, 6.45) is 8.27. The predicted molar refractivity (Wildman–Crippen MR) is 96.6 cm³/mol. The van der Waals surface area contributed by atoms with Gasteiger partial charge in [0.25, 0.3) is 0 Å². The van der Waals surface area contributed by atoms with E-state index in [4.69, 9.17) is 0 Å². The summed E-state index contributed by atoms with van der Waals surface area (Å²) in [5, 5.41) is 2.10. The number of rotatable bonds is 4. The van der Waals surface area contributed by atoms with Crippen LogP contribution >= 0.6 is 11.3 Å². The molecule has 0 N–H and O–H groups in total. The predicted octanol–water partition coefficient (Wildman–Crippen LogP) is 3.48. The van der Waals surface area contributed by atoms with E-state index in [0.29, 0.717) is 5.92 Å². The van der Waals surface area contributed by atoms with E-state index < -0.39 is 0 Å². The summed E-state index contributed by atoms with van der Waals surface area (Å²) in [7, 11) is 0. The molecule has 1 aliphatic heterocycles. The van der Waals surface area contributed by atoms with Crippen molar-refractivity contribution in [3.8, 4) is 0 Å². The molecule has 3 aromatic rings. The zero-order chi connectivity index (χ0) is 16.4. The van der Waals surface area contributed by atoms with Crippen LogP contribution in [0.15, 0.2) is 41.6 Å². The molecule has 0 spiro atoms. The van der Waals surface area contributed by atoms with E-state index in [1.165, 1.54) is 24.2 Å². The molecule has 0 saturated carbocycles. The molecule has 1 atom stereocenters. The Morgan fingerprint density at radius 2 is 2.21 bits per heavy atom. The Morgan fingerprint density at radius 1 is 1.25 bits per heavy atom. The van der Waals surface area contributed by atoms with E-state index in [2.05, 4.69) is 55.1 Å². The third-order valence-corrected chi connectivity index (χ3v) is 5.21. The number of aryl methyl sites for hydroxylation is 1. The average molecular weight is 339 g/mol. The lowest BCUT2D eigenvalue weighted by Crippen LogP contribution is -2.36. The molecule has 24 heavy (non-hydrogen) atoms. The van der Waals surface area contributed by atoms with Gasteiger partial charge in [0.2, 0.25) is 0 Å². The Balaban J connectivity index is 1.52. The number of hydrogen-bond acceptors (Lipinski definition) is 5. The van der Waals surface area contributed by atoms with Gasteiger partial charge in [0.1, 0.15) is 11.6 Å². The van der Waals surface area contributed by atoms with Crippen LogP contribution in [0.4, 0.5) is 5.82 Å². The number of pyridine rings is 1. The number of piperidine rings is 1. The maximum Gasteiger partial charge on any atom is 0.128 e. The van der Waals surface area contributed by atoms with Gasteiger partial charge in [-0.2, -0.15) is 0 Å². The summed E-state index contributed by atoms with van der Waals surface area (Å²) in [6.45, 7) is 4.92. The Bertz CT molecular complexity index is 778. The second kappa shape index (κ2) is 6.73. The van der Waals surface area contributed by atoms with Gasteiger partial charge >= 0.3 is 0 Å². The van der Waals surface area contributed by atoms with Crippen molar-refractivity contribution in [2.45, 2.75) is 32.2 Å². The van der Waals surface area contributed by atoms with Gasteiger partial charge in [-0.05, 0) is 31.4 Å². The zero-order valence-electron chi connectivity index (χ0n) is 13.8. The molecule has 0 aliphatic carbocycles. The number of anilines is 1. The molecule has 0 bridgehead atoms. The minimum absolute atomic E-state index is 0.440. The molecule has 4 heterocycles. The van der Waals surface area contributed by atoms with Crippen LogP contribution < -0.4 is 4.90 Å². The first-order chi connectivity index (χ1) is 11.8. The van der Waals surface area contributed by atoms with Gasteiger partial charge in [-0.1, -0.05) is 6.07 Å². The lowest BCUT2D eigenvalue weighted by atomic mass is 9.97. The van der Waals surface area contributed by atoms with Gasteiger partial charge < -0.3 is 9.47 Å². The summed E-state index contributed by atoms with van der Waals surface area (Å²) in [4.78, 5) is 16.0. The normalized spacial score (nSPS) is 18.0. The van der Waals surface area contributed by atoms with Gasteiger partial charge in [-0.15, -0.1) is 11.3 Å². The SMILES string of the molecule is Cc1ccc(N2CCCC(c3nccn3Cc3cscn3)C2)nc1. The highest BCUT2D eigenvalue weighted by atomic mass is 32.1. The van der Waals surface area contributed by atoms with Gasteiger partial charge in [0.15, 0.2) is 0 Å². The first kappa shape index (κ1) is 15.3. The van der Waals surface area contributed by atoms with E-state index in [0.717, 1.165) is 31.1 Å². The minimum atomic E-state index is 0.440. The molecule has 1 aliphatic rings. The van der Waals surface area contributed by atoms with Crippen molar-refractivity contribution in [2.24, 2.45) is 0 Å². The van der Waals surface area contributed by atoms with Crippen LogP contribution in [-0.4, -0.2) is 32.6 Å². The standard InChI is InChI=1S/C18H21N5S/c1-14-4-5-17(20-9-14)22-7-2-3-15(10-22)18-19-6-8-23(18)11-16-12-24-13-21-16/h4-6,8-9,12-13,15H,2-3,7,10-11H2,1H3. The Kier molecular flexibility index (Phi) is 4.30. The third kappa shape index (κ3) is 3.19. The van der Waals surface area contributed by atoms with E-state index >= 15 is 0 Å². The van der Waals surface area contributed by atoms with Crippen molar-refractivity contribution in [3.05, 3.63) is 58.7 Å². The average Bonchev–Trinajstić information content (AvgIpc) is 3.28. The highest BCUT2D eigenvalue weighted by Crippen LogP contribution is 2.28. The van der Waals surface area contributed by atoms with E-state index in [1.54, 1.807) is 11.3 Å². The van der Waals surface area contributed by atoms with Gasteiger partial charge in [-0.3, -0.25) is 0 Å². The van der Waals surface area contributed by atoms with Crippen molar-refractivity contribution < 1.29 is 0 Å². The van der Waals surface area contributed by atoms with E-state index in [9.17, 15) is 0 Å². The number of hydrogen-bond donors (Lipinski definition) is 0. The summed E-state index contributed by atoms with van der Waals surface area (Å²) in [6, 6.07) is 4.26.